The fourth-order valence-corrected chi connectivity index (χ4v) is 3.29. The first-order chi connectivity index (χ1) is 10.9. The lowest BCUT2D eigenvalue weighted by Crippen LogP contribution is -2.14. The minimum Gasteiger partial charge on any atom is -0.334 e. The third-order valence-corrected chi connectivity index (χ3v) is 4.55. The van der Waals surface area contributed by atoms with Crippen molar-refractivity contribution in [3.8, 4) is 6.07 Å². The van der Waals surface area contributed by atoms with Crippen LogP contribution in [-0.2, 0) is 18.0 Å². The number of nitrogens with two attached hydrogens (primary N) is 1. The molecule has 0 bridgehead atoms. The average Bonchev–Trinajstić information content (AvgIpc) is 2.89. The van der Waals surface area contributed by atoms with Crippen LogP contribution in [0.1, 0.15) is 30.7 Å². The van der Waals surface area contributed by atoms with Gasteiger partial charge in [-0.2, -0.15) is 5.26 Å². The van der Waals surface area contributed by atoms with Crippen molar-refractivity contribution in [2.75, 3.05) is 0 Å². The number of nitrogens with zero attached hydrogens (tertiary/aromatic N) is 3. The smallest absolute Gasteiger partial charge is 0.141 e. The van der Waals surface area contributed by atoms with Gasteiger partial charge >= 0.3 is 0 Å². The van der Waals surface area contributed by atoms with Crippen LogP contribution in [0.15, 0.2) is 35.6 Å². The molecule has 1 aromatic heterocycles. The molecule has 0 saturated heterocycles. The summed E-state index contributed by atoms with van der Waals surface area (Å²) in [6.07, 6.45) is 3.22. The van der Waals surface area contributed by atoms with Gasteiger partial charge in [-0.1, -0.05) is 19.9 Å². The number of imidazole rings is 1. The molecule has 2 rings (SSSR count). The fourth-order valence-electron chi connectivity index (χ4n) is 2.40. The molecule has 0 aliphatic heterocycles. The van der Waals surface area contributed by atoms with Crippen LogP contribution in [0, 0.1) is 23.1 Å². The van der Waals surface area contributed by atoms with Crippen molar-refractivity contribution >= 4 is 16.6 Å². The second kappa shape index (κ2) is 6.86. The molecule has 5 nitrogen and oxygen atoms in total. The summed E-state index contributed by atoms with van der Waals surface area (Å²) in [5, 5.41) is 14.5. The standard InChI is InChI=1S/C16H17FN4OS/c1-10(2)16(23(19)22)15(14-8-20-9-21(14)3)11-4-5-12(7-18)13(17)6-11/h4-6,8-10H,19H2,1-3H3. The lowest BCUT2D eigenvalue weighted by Gasteiger charge is -2.17. The van der Waals surface area contributed by atoms with Gasteiger partial charge in [0, 0.05) is 17.5 Å². The lowest BCUT2D eigenvalue weighted by atomic mass is 9.97. The summed E-state index contributed by atoms with van der Waals surface area (Å²) >= 11 is 0. The van der Waals surface area contributed by atoms with Crippen molar-refractivity contribution in [2.24, 2.45) is 18.1 Å². The number of allylic oxidation sites excluding steroid dienone is 1. The molecule has 0 radical (unpaired) electrons. The summed E-state index contributed by atoms with van der Waals surface area (Å²) in [6.45, 7) is 3.74. The highest BCUT2D eigenvalue weighted by molar-refractivity contribution is 7.87. The number of halogens is 1. The van der Waals surface area contributed by atoms with Crippen LogP contribution in [0.4, 0.5) is 4.39 Å². The quantitative estimate of drug-likeness (QED) is 0.933. The van der Waals surface area contributed by atoms with Crippen molar-refractivity contribution in [1.82, 2.24) is 9.55 Å². The zero-order valence-corrected chi connectivity index (χ0v) is 13.9. The molecule has 0 spiro atoms. The van der Waals surface area contributed by atoms with Crippen LogP contribution in [0.3, 0.4) is 0 Å². The molecule has 1 aromatic carbocycles. The van der Waals surface area contributed by atoms with Gasteiger partial charge in [0.05, 0.1) is 23.8 Å². The zero-order valence-electron chi connectivity index (χ0n) is 13.1. The van der Waals surface area contributed by atoms with Crippen LogP contribution in [0.2, 0.25) is 0 Å². The number of hydrogen-bond donors (Lipinski definition) is 1. The molecule has 2 aromatic rings. The van der Waals surface area contributed by atoms with Gasteiger partial charge in [-0.05, 0) is 23.6 Å². The van der Waals surface area contributed by atoms with Crippen LogP contribution in [0.5, 0.6) is 0 Å². The minimum atomic E-state index is -1.72. The van der Waals surface area contributed by atoms with Crippen molar-refractivity contribution in [3.63, 3.8) is 0 Å². The molecular formula is C16H17FN4OS. The van der Waals surface area contributed by atoms with Crippen LogP contribution in [0.25, 0.3) is 5.57 Å². The molecular weight excluding hydrogens is 315 g/mol. The normalized spacial score (nSPS) is 13.6. The topological polar surface area (TPSA) is 84.7 Å². The Kier molecular flexibility index (Phi) is 5.08. The summed E-state index contributed by atoms with van der Waals surface area (Å²) in [7, 11) is 0.0718. The lowest BCUT2D eigenvalue weighted by molar-refractivity contribution is 0.623. The largest absolute Gasteiger partial charge is 0.334 e. The molecule has 0 saturated carbocycles. The van der Waals surface area contributed by atoms with Gasteiger partial charge < -0.3 is 4.57 Å². The van der Waals surface area contributed by atoms with E-state index in [1.54, 1.807) is 36.3 Å². The average molecular weight is 332 g/mol. The summed E-state index contributed by atoms with van der Waals surface area (Å²) < 4.78 is 27.9. The Bertz CT molecular complexity index is 833. The number of hydrogen-bond acceptors (Lipinski definition) is 3. The Morgan fingerprint density at radius 1 is 1.48 bits per heavy atom. The molecule has 0 aliphatic carbocycles. The number of nitriles is 1. The number of aromatic nitrogens is 2. The minimum absolute atomic E-state index is 0.0435. The van der Waals surface area contributed by atoms with Gasteiger partial charge in [0.1, 0.15) is 22.9 Å². The van der Waals surface area contributed by atoms with Crippen molar-refractivity contribution in [3.05, 3.63) is 58.3 Å². The first-order valence-corrected chi connectivity index (χ1v) is 8.15. The van der Waals surface area contributed by atoms with E-state index >= 15 is 0 Å². The molecule has 2 N–H and O–H groups in total. The van der Waals surface area contributed by atoms with Crippen LogP contribution in [-0.4, -0.2) is 13.8 Å². The highest BCUT2D eigenvalue weighted by atomic mass is 32.2. The van der Waals surface area contributed by atoms with E-state index in [9.17, 15) is 8.60 Å². The van der Waals surface area contributed by atoms with Crippen molar-refractivity contribution in [1.29, 1.82) is 5.26 Å². The predicted molar refractivity (Wildman–Crippen MR) is 87.5 cm³/mol. The maximum Gasteiger partial charge on any atom is 0.141 e. The molecule has 1 heterocycles. The van der Waals surface area contributed by atoms with Crippen molar-refractivity contribution in [2.45, 2.75) is 13.8 Å². The molecule has 0 aliphatic rings. The zero-order chi connectivity index (χ0) is 17.1. The van der Waals surface area contributed by atoms with E-state index in [-0.39, 0.29) is 11.5 Å². The first kappa shape index (κ1) is 17.1. The Morgan fingerprint density at radius 3 is 2.61 bits per heavy atom. The first-order valence-electron chi connectivity index (χ1n) is 6.93. The van der Waals surface area contributed by atoms with E-state index in [2.05, 4.69) is 4.98 Å². The summed E-state index contributed by atoms with van der Waals surface area (Å²) in [5.41, 5.74) is 1.71. The Balaban J connectivity index is 2.81. The van der Waals surface area contributed by atoms with Gasteiger partial charge in [0.15, 0.2) is 0 Å². The van der Waals surface area contributed by atoms with Crippen molar-refractivity contribution < 1.29 is 8.60 Å². The highest BCUT2D eigenvalue weighted by Gasteiger charge is 2.21. The van der Waals surface area contributed by atoms with Gasteiger partial charge in [0.2, 0.25) is 0 Å². The van der Waals surface area contributed by atoms with E-state index in [0.29, 0.717) is 21.7 Å². The van der Waals surface area contributed by atoms with Crippen LogP contribution >= 0.6 is 0 Å². The van der Waals surface area contributed by atoms with Gasteiger partial charge in [-0.3, -0.25) is 0 Å². The highest BCUT2D eigenvalue weighted by Crippen LogP contribution is 2.32. The maximum absolute atomic E-state index is 14.0. The maximum atomic E-state index is 14.0. The van der Waals surface area contributed by atoms with E-state index in [0.717, 1.165) is 0 Å². The third kappa shape index (κ3) is 3.38. The van der Waals surface area contributed by atoms with E-state index in [4.69, 9.17) is 10.4 Å². The Labute approximate surface area is 136 Å². The summed E-state index contributed by atoms with van der Waals surface area (Å²) in [6, 6.07) is 6.07. The van der Waals surface area contributed by atoms with Crippen LogP contribution < -0.4 is 5.14 Å². The number of aryl methyl sites for hydroxylation is 1. The molecule has 1 unspecified atom stereocenters. The van der Waals surface area contributed by atoms with E-state index in [1.807, 2.05) is 13.8 Å². The molecule has 1 atom stereocenters. The number of rotatable bonds is 4. The van der Waals surface area contributed by atoms with E-state index < -0.39 is 16.8 Å². The second-order valence-electron chi connectivity index (χ2n) is 5.39. The summed E-state index contributed by atoms with van der Waals surface area (Å²) in [4.78, 5) is 4.57. The molecule has 0 amide bonds. The Hall–Kier alpha value is -2.30. The third-order valence-electron chi connectivity index (χ3n) is 3.44. The Morgan fingerprint density at radius 2 is 2.17 bits per heavy atom. The SMILES string of the molecule is CC(C)C(=C(c1ccc(C#N)c(F)c1)c1cncn1C)S(N)=O. The molecule has 23 heavy (non-hydrogen) atoms. The van der Waals surface area contributed by atoms with Gasteiger partial charge in [-0.25, -0.2) is 18.7 Å². The number of benzene rings is 1. The molecule has 7 heteroatoms. The fraction of sp³-hybridized carbons (Fsp3) is 0.250. The second-order valence-corrected chi connectivity index (χ2v) is 6.42. The molecule has 120 valence electrons. The monoisotopic (exact) mass is 332 g/mol. The predicted octanol–water partition coefficient (Wildman–Crippen LogP) is 2.47. The van der Waals surface area contributed by atoms with Gasteiger partial charge in [0.25, 0.3) is 0 Å². The molecule has 0 fully saturated rings. The summed E-state index contributed by atoms with van der Waals surface area (Å²) in [5.74, 6) is -0.736. The van der Waals surface area contributed by atoms with Gasteiger partial charge in [-0.15, -0.1) is 0 Å². The van der Waals surface area contributed by atoms with E-state index in [1.165, 1.54) is 12.1 Å².